The van der Waals surface area contributed by atoms with E-state index in [0.29, 0.717) is 12.5 Å². The molecule has 0 bridgehead atoms. The molecule has 1 unspecified atom stereocenters. The third-order valence-corrected chi connectivity index (χ3v) is 4.06. The monoisotopic (exact) mass is 260 g/mol. The molecule has 1 aromatic carbocycles. The summed E-state index contributed by atoms with van der Waals surface area (Å²) in [5.41, 5.74) is 2.07. The van der Waals surface area contributed by atoms with Crippen LogP contribution < -0.4 is 15.4 Å². The normalized spacial score (nSPS) is 23.0. The highest BCUT2D eigenvalue weighted by Gasteiger charge is 2.37. The molecule has 2 aliphatic heterocycles. The lowest BCUT2D eigenvalue weighted by atomic mass is 9.81. The summed E-state index contributed by atoms with van der Waals surface area (Å²) in [6, 6.07) is 5.91. The van der Waals surface area contributed by atoms with E-state index in [1.54, 1.807) is 0 Å². The molecule has 2 heterocycles. The fourth-order valence-corrected chi connectivity index (χ4v) is 3.17. The van der Waals surface area contributed by atoms with Crippen LogP contribution in [0.1, 0.15) is 31.2 Å². The Balaban J connectivity index is 1.90. The molecule has 1 amide bonds. The average molecular weight is 260 g/mol. The molecule has 0 saturated carbocycles. The highest BCUT2D eigenvalue weighted by molar-refractivity contribution is 6.03. The first kappa shape index (κ1) is 12.5. The van der Waals surface area contributed by atoms with Crippen molar-refractivity contribution >= 4 is 11.6 Å². The maximum absolute atomic E-state index is 12.2. The number of anilines is 1. The highest BCUT2D eigenvalue weighted by Crippen LogP contribution is 2.42. The van der Waals surface area contributed by atoms with Crippen molar-refractivity contribution in [3.05, 3.63) is 23.8 Å². The number of amides is 1. The summed E-state index contributed by atoms with van der Waals surface area (Å²) in [5.74, 6) is 1.45. The van der Waals surface area contributed by atoms with Gasteiger partial charge in [-0.3, -0.25) is 4.79 Å². The van der Waals surface area contributed by atoms with Crippen LogP contribution >= 0.6 is 0 Å². The van der Waals surface area contributed by atoms with E-state index < -0.39 is 0 Å². The van der Waals surface area contributed by atoms with Gasteiger partial charge in [-0.1, -0.05) is 0 Å². The van der Waals surface area contributed by atoms with Crippen molar-refractivity contribution in [2.45, 2.75) is 25.7 Å². The van der Waals surface area contributed by atoms with Gasteiger partial charge in [-0.05, 0) is 62.5 Å². The first-order chi connectivity index (χ1) is 9.29. The quantitative estimate of drug-likeness (QED) is 0.875. The Morgan fingerprint density at radius 3 is 2.84 bits per heavy atom. The number of carbonyl (C=O) groups excluding carboxylic acids is 1. The van der Waals surface area contributed by atoms with Gasteiger partial charge in [0.15, 0.2) is 0 Å². The summed E-state index contributed by atoms with van der Waals surface area (Å²) in [5, 5.41) is 6.35. The van der Waals surface area contributed by atoms with Gasteiger partial charge in [0.1, 0.15) is 5.75 Å². The van der Waals surface area contributed by atoms with Crippen LogP contribution in [0.15, 0.2) is 18.2 Å². The maximum atomic E-state index is 12.2. The molecule has 1 aromatic rings. The largest absolute Gasteiger partial charge is 0.494 e. The highest BCUT2D eigenvalue weighted by atomic mass is 16.5. The first-order valence-electron chi connectivity index (χ1n) is 7.08. The second-order valence-electron chi connectivity index (χ2n) is 5.24. The van der Waals surface area contributed by atoms with Crippen molar-refractivity contribution in [3.63, 3.8) is 0 Å². The van der Waals surface area contributed by atoms with E-state index in [4.69, 9.17) is 4.74 Å². The second-order valence-corrected chi connectivity index (χ2v) is 5.24. The van der Waals surface area contributed by atoms with E-state index in [1.165, 1.54) is 0 Å². The minimum atomic E-state index is -0.00231. The zero-order chi connectivity index (χ0) is 13.2. The Labute approximate surface area is 113 Å². The Morgan fingerprint density at radius 1 is 1.32 bits per heavy atom. The van der Waals surface area contributed by atoms with Gasteiger partial charge in [0.05, 0.1) is 12.5 Å². The zero-order valence-corrected chi connectivity index (χ0v) is 11.2. The van der Waals surface area contributed by atoms with Gasteiger partial charge in [0, 0.05) is 5.69 Å². The van der Waals surface area contributed by atoms with Crippen molar-refractivity contribution in [1.82, 2.24) is 5.32 Å². The Morgan fingerprint density at radius 2 is 2.11 bits per heavy atom. The van der Waals surface area contributed by atoms with Crippen LogP contribution in [0.2, 0.25) is 0 Å². The fourth-order valence-electron chi connectivity index (χ4n) is 3.17. The fraction of sp³-hybridized carbons (Fsp3) is 0.533. The Hall–Kier alpha value is -1.55. The van der Waals surface area contributed by atoms with Crippen molar-refractivity contribution in [2.24, 2.45) is 5.92 Å². The van der Waals surface area contributed by atoms with Crippen molar-refractivity contribution < 1.29 is 9.53 Å². The van der Waals surface area contributed by atoms with Gasteiger partial charge in [-0.2, -0.15) is 0 Å². The van der Waals surface area contributed by atoms with Gasteiger partial charge < -0.3 is 15.4 Å². The summed E-state index contributed by atoms with van der Waals surface area (Å²) >= 11 is 0. The average Bonchev–Trinajstić information content (AvgIpc) is 2.75. The molecule has 2 aliphatic rings. The molecule has 1 atom stereocenters. The van der Waals surface area contributed by atoms with E-state index in [-0.39, 0.29) is 11.8 Å². The van der Waals surface area contributed by atoms with Crippen LogP contribution in [0.5, 0.6) is 5.75 Å². The third kappa shape index (κ3) is 2.32. The lowest BCUT2D eigenvalue weighted by Crippen LogP contribution is -2.33. The summed E-state index contributed by atoms with van der Waals surface area (Å²) < 4.78 is 5.55. The molecule has 0 radical (unpaired) electrons. The molecular weight excluding hydrogens is 240 g/mol. The summed E-state index contributed by atoms with van der Waals surface area (Å²) in [6.45, 7) is 4.64. The number of benzene rings is 1. The lowest BCUT2D eigenvalue weighted by molar-refractivity contribution is -0.118. The van der Waals surface area contributed by atoms with Gasteiger partial charge in [-0.25, -0.2) is 0 Å². The number of ether oxygens (including phenoxy) is 1. The van der Waals surface area contributed by atoms with Crippen LogP contribution in [0.25, 0.3) is 0 Å². The number of rotatable bonds is 3. The molecular formula is C15H20N2O2. The molecule has 2 N–H and O–H groups in total. The molecule has 1 fully saturated rings. The van der Waals surface area contributed by atoms with E-state index in [2.05, 4.69) is 10.6 Å². The standard InChI is InChI=1S/C15H20N2O2/c1-2-19-11-3-4-13-12(9-11)14(15(18)17-13)10-5-7-16-8-6-10/h3-4,9-10,14,16H,2,5-8H2,1H3,(H,17,18). The number of piperidine rings is 1. The minimum Gasteiger partial charge on any atom is -0.494 e. The van der Waals surface area contributed by atoms with Crippen LogP contribution in [-0.4, -0.2) is 25.6 Å². The van der Waals surface area contributed by atoms with Gasteiger partial charge in [0.25, 0.3) is 0 Å². The van der Waals surface area contributed by atoms with E-state index in [1.807, 2.05) is 25.1 Å². The second kappa shape index (κ2) is 5.21. The third-order valence-electron chi connectivity index (χ3n) is 4.06. The number of hydrogen-bond donors (Lipinski definition) is 2. The number of hydrogen-bond acceptors (Lipinski definition) is 3. The minimum absolute atomic E-state index is 0.00231. The molecule has 1 saturated heterocycles. The Bertz CT molecular complexity index is 481. The van der Waals surface area contributed by atoms with Gasteiger partial charge >= 0.3 is 0 Å². The van der Waals surface area contributed by atoms with Gasteiger partial charge in [0.2, 0.25) is 5.91 Å². The molecule has 3 rings (SSSR count). The van der Waals surface area contributed by atoms with Crippen molar-refractivity contribution in [1.29, 1.82) is 0 Å². The number of fused-ring (bicyclic) bond motifs is 1. The molecule has 4 nitrogen and oxygen atoms in total. The summed E-state index contributed by atoms with van der Waals surface area (Å²) in [7, 11) is 0. The number of carbonyl (C=O) groups is 1. The summed E-state index contributed by atoms with van der Waals surface area (Å²) in [4.78, 5) is 12.2. The number of nitrogens with one attached hydrogen (secondary N) is 2. The van der Waals surface area contributed by atoms with Crippen LogP contribution in [0, 0.1) is 5.92 Å². The maximum Gasteiger partial charge on any atom is 0.232 e. The Kier molecular flexibility index (Phi) is 3.42. The molecule has 0 aliphatic carbocycles. The molecule has 4 heteroatoms. The van der Waals surface area contributed by atoms with E-state index in [9.17, 15) is 4.79 Å². The summed E-state index contributed by atoms with van der Waals surface area (Å²) in [6.07, 6.45) is 2.13. The van der Waals surface area contributed by atoms with Gasteiger partial charge in [-0.15, -0.1) is 0 Å². The van der Waals surface area contributed by atoms with Crippen molar-refractivity contribution in [3.8, 4) is 5.75 Å². The SMILES string of the molecule is CCOc1ccc2c(c1)C(C1CCNCC1)C(=O)N2. The first-order valence-corrected chi connectivity index (χ1v) is 7.08. The van der Waals surface area contributed by atoms with E-state index in [0.717, 1.165) is 42.9 Å². The van der Waals surface area contributed by atoms with Crippen molar-refractivity contribution in [2.75, 3.05) is 25.0 Å². The van der Waals surface area contributed by atoms with Crippen LogP contribution in [0.3, 0.4) is 0 Å². The molecule has 19 heavy (non-hydrogen) atoms. The predicted molar refractivity (Wildman–Crippen MR) is 74.6 cm³/mol. The zero-order valence-electron chi connectivity index (χ0n) is 11.2. The predicted octanol–water partition coefficient (Wildman–Crippen LogP) is 2.12. The lowest BCUT2D eigenvalue weighted by Gasteiger charge is -2.27. The molecule has 0 aromatic heterocycles. The van der Waals surface area contributed by atoms with E-state index >= 15 is 0 Å². The topological polar surface area (TPSA) is 50.4 Å². The van der Waals surface area contributed by atoms with Crippen LogP contribution in [0.4, 0.5) is 5.69 Å². The smallest absolute Gasteiger partial charge is 0.232 e. The molecule has 0 spiro atoms. The van der Waals surface area contributed by atoms with Crippen LogP contribution in [-0.2, 0) is 4.79 Å². The molecule has 102 valence electrons.